The number of rotatable bonds is 2. The third-order valence-electron chi connectivity index (χ3n) is 3.91. The van der Waals surface area contributed by atoms with E-state index >= 15 is 0 Å². The lowest BCUT2D eigenvalue weighted by Crippen LogP contribution is -1.88. The summed E-state index contributed by atoms with van der Waals surface area (Å²) >= 11 is 0. The minimum Gasteiger partial charge on any atom is -0.258 e. The molecule has 0 unspecified atom stereocenters. The van der Waals surface area contributed by atoms with Crippen LogP contribution in [-0.2, 0) is 0 Å². The first-order chi connectivity index (χ1) is 12.6. The summed E-state index contributed by atoms with van der Waals surface area (Å²) < 4.78 is 0. The molecule has 0 atom stereocenters. The zero-order chi connectivity index (χ0) is 18.5. The van der Waals surface area contributed by atoms with Crippen LogP contribution in [0, 0.1) is 20.2 Å². The van der Waals surface area contributed by atoms with Crippen molar-refractivity contribution in [3.8, 4) is 0 Å². The van der Waals surface area contributed by atoms with Gasteiger partial charge in [0.2, 0.25) is 0 Å². The van der Waals surface area contributed by atoms with Crippen molar-refractivity contribution in [3.63, 3.8) is 0 Å². The second-order valence-electron chi connectivity index (χ2n) is 5.54. The molecular weight excluding hydrogens is 332 g/mol. The van der Waals surface area contributed by atoms with Gasteiger partial charge in [-0.2, -0.15) is 0 Å². The maximum absolute atomic E-state index is 10.6. The van der Waals surface area contributed by atoms with Gasteiger partial charge in [-0.25, -0.2) is 0 Å². The number of benzene rings is 4. The fourth-order valence-corrected chi connectivity index (χ4v) is 2.66. The number of nitro groups is 2. The van der Waals surface area contributed by atoms with Crippen LogP contribution in [0.15, 0.2) is 84.9 Å². The Bertz CT molecular complexity index is 1100. The predicted octanol–water partition coefficient (Wildman–Crippen LogP) is 5.50. The lowest BCUT2D eigenvalue weighted by atomic mass is 10.1. The van der Waals surface area contributed by atoms with Gasteiger partial charge in [0.15, 0.2) is 0 Å². The van der Waals surface area contributed by atoms with Crippen LogP contribution in [0.1, 0.15) is 0 Å². The monoisotopic (exact) mass is 346 g/mol. The maximum Gasteiger partial charge on any atom is 0.277 e. The Morgan fingerprint density at radius 1 is 0.577 bits per heavy atom. The fourth-order valence-electron chi connectivity index (χ4n) is 2.66. The molecule has 0 aliphatic rings. The van der Waals surface area contributed by atoms with Gasteiger partial charge in [-0.15, -0.1) is 0 Å². The summed E-state index contributed by atoms with van der Waals surface area (Å²) in [4.78, 5) is 20.3. The number of hydrogen-bond donors (Lipinski definition) is 0. The Hall–Kier alpha value is -3.80. The topological polar surface area (TPSA) is 86.3 Å². The summed E-state index contributed by atoms with van der Waals surface area (Å²) in [5.74, 6) is 0. The summed E-state index contributed by atoms with van der Waals surface area (Å²) in [5.41, 5.74) is 0.303. The highest BCUT2D eigenvalue weighted by Crippen LogP contribution is 2.24. The van der Waals surface area contributed by atoms with Crippen molar-refractivity contribution in [2.45, 2.75) is 0 Å². The van der Waals surface area contributed by atoms with E-state index in [1.54, 1.807) is 30.3 Å². The highest BCUT2D eigenvalue weighted by atomic mass is 16.6. The predicted molar refractivity (Wildman–Crippen MR) is 101 cm³/mol. The summed E-state index contributed by atoms with van der Waals surface area (Å²) in [5, 5.41) is 24.6. The van der Waals surface area contributed by atoms with Crippen LogP contribution in [0.4, 0.5) is 11.4 Å². The molecule has 0 aliphatic carbocycles. The standard InChI is InChI=1S/2C10H7NO2/c12-11(13)10-7-3-5-8-4-1-2-6-9(8)10;12-11(13)10-6-5-8-3-1-2-4-9(8)7-10/h2*1-7H. The third-order valence-corrected chi connectivity index (χ3v) is 3.91. The number of fused-ring (bicyclic) bond motifs is 2. The zero-order valence-electron chi connectivity index (χ0n) is 13.6. The average Bonchev–Trinajstić information content (AvgIpc) is 2.67. The Morgan fingerprint density at radius 3 is 1.88 bits per heavy atom. The third kappa shape index (κ3) is 3.64. The summed E-state index contributed by atoms with van der Waals surface area (Å²) in [6.07, 6.45) is 0. The van der Waals surface area contributed by atoms with Crippen LogP contribution in [-0.4, -0.2) is 9.85 Å². The molecule has 0 amide bonds. The van der Waals surface area contributed by atoms with Crippen molar-refractivity contribution in [3.05, 3.63) is 105 Å². The highest BCUT2D eigenvalue weighted by Gasteiger charge is 2.09. The van der Waals surface area contributed by atoms with Gasteiger partial charge in [0.1, 0.15) is 0 Å². The largest absolute Gasteiger partial charge is 0.277 e. The molecule has 0 fully saturated rings. The fraction of sp³-hybridized carbons (Fsp3) is 0. The molecule has 0 saturated carbocycles. The maximum atomic E-state index is 10.6. The van der Waals surface area contributed by atoms with Gasteiger partial charge in [-0.3, -0.25) is 20.2 Å². The first kappa shape index (κ1) is 17.0. The zero-order valence-corrected chi connectivity index (χ0v) is 13.6. The molecule has 0 saturated heterocycles. The van der Waals surface area contributed by atoms with E-state index in [4.69, 9.17) is 0 Å². The average molecular weight is 346 g/mol. The van der Waals surface area contributed by atoms with E-state index in [-0.39, 0.29) is 21.2 Å². The van der Waals surface area contributed by atoms with Crippen LogP contribution < -0.4 is 0 Å². The van der Waals surface area contributed by atoms with Gasteiger partial charge in [0.25, 0.3) is 11.4 Å². The van der Waals surface area contributed by atoms with Crippen molar-refractivity contribution in [2.75, 3.05) is 0 Å². The molecule has 0 heterocycles. The first-order valence-electron chi connectivity index (χ1n) is 7.81. The van der Waals surface area contributed by atoms with Crippen LogP contribution in [0.25, 0.3) is 21.5 Å². The van der Waals surface area contributed by atoms with E-state index in [2.05, 4.69) is 0 Å². The molecule has 0 aliphatic heterocycles. The molecule has 4 aromatic carbocycles. The number of nitrogens with zero attached hydrogens (tertiary/aromatic N) is 2. The van der Waals surface area contributed by atoms with Crippen LogP contribution in [0.3, 0.4) is 0 Å². The number of hydrogen-bond acceptors (Lipinski definition) is 4. The molecular formula is C20H14N2O4. The molecule has 0 radical (unpaired) electrons. The quantitative estimate of drug-likeness (QED) is 0.354. The van der Waals surface area contributed by atoms with E-state index in [9.17, 15) is 20.2 Å². The number of non-ortho nitro benzene ring substituents is 2. The van der Waals surface area contributed by atoms with Crippen LogP contribution >= 0.6 is 0 Å². The second-order valence-corrected chi connectivity index (χ2v) is 5.54. The minimum atomic E-state index is -0.382. The molecule has 0 aromatic heterocycles. The van der Waals surface area contributed by atoms with Crippen molar-refractivity contribution in [2.24, 2.45) is 0 Å². The Morgan fingerprint density at radius 2 is 1.19 bits per heavy atom. The summed E-state index contributed by atoms with van der Waals surface area (Å²) in [6.45, 7) is 0. The van der Waals surface area contributed by atoms with Gasteiger partial charge >= 0.3 is 0 Å². The van der Waals surface area contributed by atoms with Gasteiger partial charge in [-0.05, 0) is 28.3 Å². The van der Waals surface area contributed by atoms with Gasteiger partial charge in [-0.1, -0.05) is 54.6 Å². The number of nitro benzene ring substituents is 2. The molecule has 4 rings (SSSR count). The normalized spacial score (nSPS) is 10.2. The van der Waals surface area contributed by atoms with E-state index < -0.39 is 0 Å². The smallest absolute Gasteiger partial charge is 0.258 e. The second kappa shape index (κ2) is 7.40. The first-order valence-corrected chi connectivity index (χ1v) is 7.81. The van der Waals surface area contributed by atoms with Crippen molar-refractivity contribution in [1.82, 2.24) is 0 Å². The molecule has 0 N–H and O–H groups in total. The van der Waals surface area contributed by atoms with Crippen LogP contribution in [0.2, 0.25) is 0 Å². The SMILES string of the molecule is O=[N+]([O-])c1ccc2ccccc2c1.O=[N+]([O-])c1cccc2ccccc12. The van der Waals surface area contributed by atoms with Gasteiger partial charge < -0.3 is 0 Å². The molecule has 26 heavy (non-hydrogen) atoms. The van der Waals surface area contributed by atoms with Crippen LogP contribution in [0.5, 0.6) is 0 Å². The molecule has 128 valence electrons. The van der Waals surface area contributed by atoms with E-state index in [1.807, 2.05) is 42.5 Å². The molecule has 4 aromatic rings. The van der Waals surface area contributed by atoms with E-state index in [1.165, 1.54) is 12.1 Å². The molecule has 0 bridgehead atoms. The van der Waals surface area contributed by atoms with E-state index in [0.717, 1.165) is 16.2 Å². The molecule has 6 nitrogen and oxygen atoms in total. The molecule has 6 heteroatoms. The summed E-state index contributed by atoms with van der Waals surface area (Å²) in [6, 6.07) is 24.8. The minimum absolute atomic E-state index is 0.138. The Labute approximate surface area is 148 Å². The summed E-state index contributed by atoms with van der Waals surface area (Å²) in [7, 11) is 0. The highest BCUT2D eigenvalue weighted by molar-refractivity contribution is 5.90. The Balaban J connectivity index is 0.000000151. The van der Waals surface area contributed by atoms with Crippen molar-refractivity contribution < 1.29 is 9.85 Å². The van der Waals surface area contributed by atoms with Gasteiger partial charge in [0.05, 0.1) is 15.2 Å². The molecule has 0 spiro atoms. The van der Waals surface area contributed by atoms with Crippen molar-refractivity contribution >= 4 is 32.9 Å². The lowest BCUT2D eigenvalue weighted by Gasteiger charge is -1.97. The van der Waals surface area contributed by atoms with Crippen molar-refractivity contribution in [1.29, 1.82) is 0 Å². The van der Waals surface area contributed by atoms with Gasteiger partial charge in [0, 0.05) is 18.2 Å². The lowest BCUT2D eigenvalue weighted by molar-refractivity contribution is -0.384. The Kier molecular flexibility index (Phi) is 4.85. The van der Waals surface area contributed by atoms with E-state index in [0.29, 0.717) is 5.39 Å².